The second kappa shape index (κ2) is 9.49. The lowest BCUT2D eigenvalue weighted by Gasteiger charge is -2.21. The fraction of sp³-hybridized carbons (Fsp3) is 0.143. The summed E-state index contributed by atoms with van der Waals surface area (Å²) in [6.07, 6.45) is 5.06. The summed E-state index contributed by atoms with van der Waals surface area (Å²) >= 11 is 12.3. The average Bonchev–Trinajstić information content (AvgIpc) is 2.72. The van der Waals surface area contributed by atoms with Crippen LogP contribution in [0, 0.1) is 0 Å². The average molecular weight is 429 g/mol. The van der Waals surface area contributed by atoms with Crippen molar-refractivity contribution in [2.24, 2.45) is 0 Å². The van der Waals surface area contributed by atoms with Gasteiger partial charge in [0.05, 0.1) is 12.1 Å². The number of pyridine rings is 2. The van der Waals surface area contributed by atoms with Crippen molar-refractivity contribution >= 4 is 52.2 Å². The summed E-state index contributed by atoms with van der Waals surface area (Å²) in [5.74, 6) is -0.0129. The quantitative estimate of drug-likeness (QED) is 0.596. The molecule has 1 N–H and O–H groups in total. The van der Waals surface area contributed by atoms with Gasteiger partial charge in [0.2, 0.25) is 11.8 Å². The summed E-state index contributed by atoms with van der Waals surface area (Å²) in [4.78, 5) is 34.8. The van der Waals surface area contributed by atoms with Crippen molar-refractivity contribution in [3.63, 3.8) is 0 Å². The van der Waals surface area contributed by atoms with E-state index in [2.05, 4.69) is 15.3 Å². The predicted molar refractivity (Wildman–Crippen MR) is 115 cm³/mol. The molecule has 0 saturated heterocycles. The van der Waals surface area contributed by atoms with E-state index in [1.807, 2.05) is 0 Å². The minimum atomic E-state index is -0.283. The van der Waals surface area contributed by atoms with Crippen molar-refractivity contribution < 1.29 is 9.59 Å². The molecule has 3 rings (SSSR count). The van der Waals surface area contributed by atoms with Crippen LogP contribution in [0.2, 0.25) is 10.0 Å². The molecule has 2 aromatic heterocycles. The van der Waals surface area contributed by atoms with Gasteiger partial charge in [-0.05, 0) is 35.9 Å². The van der Waals surface area contributed by atoms with Gasteiger partial charge in [0.1, 0.15) is 5.82 Å². The number of anilines is 3. The Hall–Kier alpha value is -2.96. The Morgan fingerprint density at radius 3 is 2.38 bits per heavy atom. The molecule has 0 bridgehead atoms. The van der Waals surface area contributed by atoms with Gasteiger partial charge < -0.3 is 5.32 Å². The zero-order valence-corrected chi connectivity index (χ0v) is 17.1. The van der Waals surface area contributed by atoms with Gasteiger partial charge in [0, 0.05) is 46.8 Å². The lowest BCUT2D eigenvalue weighted by atomic mass is 10.1. The molecule has 0 atom stereocenters. The second-order valence-corrected chi connectivity index (χ2v) is 6.93. The summed E-state index contributed by atoms with van der Waals surface area (Å²) in [5, 5.41) is 3.66. The first-order valence-electron chi connectivity index (χ1n) is 8.91. The lowest BCUT2D eigenvalue weighted by Crippen LogP contribution is -2.26. The number of nitrogens with one attached hydrogen (secondary N) is 1. The van der Waals surface area contributed by atoms with Gasteiger partial charge in [-0.2, -0.15) is 0 Å². The van der Waals surface area contributed by atoms with Crippen LogP contribution in [0.3, 0.4) is 0 Å². The Morgan fingerprint density at radius 1 is 1.03 bits per heavy atom. The molecule has 2 amide bonds. The van der Waals surface area contributed by atoms with E-state index < -0.39 is 0 Å². The van der Waals surface area contributed by atoms with E-state index in [0.29, 0.717) is 39.2 Å². The molecule has 3 aromatic rings. The molecule has 0 aliphatic carbocycles. The number of nitrogens with zero attached hydrogens (tertiary/aromatic N) is 3. The van der Waals surface area contributed by atoms with Gasteiger partial charge >= 0.3 is 0 Å². The zero-order valence-electron chi connectivity index (χ0n) is 15.6. The van der Waals surface area contributed by atoms with Crippen molar-refractivity contribution in [2.75, 3.05) is 10.2 Å². The minimum absolute atomic E-state index is 0.0259. The van der Waals surface area contributed by atoms with Gasteiger partial charge in [-0.1, -0.05) is 36.2 Å². The lowest BCUT2D eigenvalue weighted by molar-refractivity contribution is -0.117. The molecule has 2 heterocycles. The molecule has 1 aromatic carbocycles. The third kappa shape index (κ3) is 5.10. The van der Waals surface area contributed by atoms with Crippen LogP contribution in [0.4, 0.5) is 17.2 Å². The first-order valence-corrected chi connectivity index (χ1v) is 9.67. The Bertz CT molecular complexity index is 1010. The first kappa shape index (κ1) is 20.8. The number of hydrogen-bond donors (Lipinski definition) is 1. The summed E-state index contributed by atoms with van der Waals surface area (Å²) in [5.41, 5.74) is 1.71. The van der Waals surface area contributed by atoms with Crippen LogP contribution in [0.5, 0.6) is 0 Å². The van der Waals surface area contributed by atoms with E-state index >= 15 is 0 Å². The number of amides is 2. The Morgan fingerprint density at radius 2 is 1.72 bits per heavy atom. The van der Waals surface area contributed by atoms with E-state index in [1.165, 1.54) is 11.1 Å². The highest BCUT2D eigenvalue weighted by molar-refractivity contribution is 6.36. The monoisotopic (exact) mass is 428 g/mol. The maximum atomic E-state index is 12.5. The van der Waals surface area contributed by atoms with Gasteiger partial charge in [0.25, 0.3) is 0 Å². The van der Waals surface area contributed by atoms with E-state index in [4.69, 9.17) is 23.2 Å². The number of aromatic nitrogens is 2. The first-order chi connectivity index (χ1) is 14.0. The molecule has 0 aliphatic heterocycles. The molecule has 0 saturated carbocycles. The van der Waals surface area contributed by atoms with E-state index in [0.717, 1.165) is 0 Å². The minimum Gasteiger partial charge on any atom is -0.326 e. The molecule has 0 aliphatic rings. The molecule has 0 fully saturated rings. The third-order valence-electron chi connectivity index (χ3n) is 4.13. The molecule has 0 radical (unpaired) electrons. The third-order valence-corrected chi connectivity index (χ3v) is 4.84. The molecular weight excluding hydrogens is 411 g/mol. The van der Waals surface area contributed by atoms with Crippen LogP contribution < -0.4 is 10.2 Å². The van der Waals surface area contributed by atoms with Crippen molar-refractivity contribution in [2.45, 2.75) is 19.8 Å². The highest BCUT2D eigenvalue weighted by Crippen LogP contribution is 2.27. The molecule has 29 heavy (non-hydrogen) atoms. The smallest absolute Gasteiger partial charge is 0.232 e. The van der Waals surface area contributed by atoms with Crippen molar-refractivity contribution in [1.82, 2.24) is 9.97 Å². The predicted octanol–water partition coefficient (Wildman–Crippen LogP) is 5.04. The normalized spacial score (nSPS) is 10.4. The highest BCUT2D eigenvalue weighted by Gasteiger charge is 2.18. The van der Waals surface area contributed by atoms with Crippen LogP contribution in [0.15, 0.2) is 61.1 Å². The Labute approximate surface area is 178 Å². The van der Waals surface area contributed by atoms with Crippen molar-refractivity contribution in [3.8, 4) is 0 Å². The Balaban J connectivity index is 1.83. The van der Waals surface area contributed by atoms with E-state index in [-0.39, 0.29) is 18.2 Å². The summed E-state index contributed by atoms with van der Waals surface area (Å²) in [6.45, 7) is 1.77. The summed E-state index contributed by atoms with van der Waals surface area (Å²) in [6, 6.07) is 11.8. The van der Waals surface area contributed by atoms with Crippen LogP contribution in [0.25, 0.3) is 0 Å². The topological polar surface area (TPSA) is 75.2 Å². The van der Waals surface area contributed by atoms with Gasteiger partial charge in [-0.15, -0.1) is 0 Å². The number of rotatable bonds is 6. The van der Waals surface area contributed by atoms with Crippen LogP contribution >= 0.6 is 23.2 Å². The van der Waals surface area contributed by atoms with Crippen molar-refractivity contribution in [1.29, 1.82) is 0 Å². The molecular formula is C21H18Cl2N4O2. The largest absolute Gasteiger partial charge is 0.326 e. The maximum Gasteiger partial charge on any atom is 0.232 e. The molecule has 0 spiro atoms. The van der Waals surface area contributed by atoms with Gasteiger partial charge in [-0.25, -0.2) is 4.98 Å². The molecule has 8 heteroatoms. The number of carbonyl (C=O) groups excluding carboxylic acids is 2. The fourth-order valence-corrected chi connectivity index (χ4v) is 3.27. The van der Waals surface area contributed by atoms with Crippen LogP contribution in [-0.2, 0) is 16.0 Å². The van der Waals surface area contributed by atoms with E-state index in [9.17, 15) is 9.59 Å². The zero-order chi connectivity index (χ0) is 20.8. The molecule has 0 unspecified atom stereocenters. The van der Waals surface area contributed by atoms with Gasteiger partial charge in [-0.3, -0.25) is 19.5 Å². The van der Waals surface area contributed by atoms with E-state index in [1.54, 1.807) is 61.8 Å². The molecule has 148 valence electrons. The van der Waals surface area contributed by atoms with Crippen LogP contribution in [0.1, 0.15) is 18.9 Å². The number of halogens is 2. The highest BCUT2D eigenvalue weighted by atomic mass is 35.5. The molecule has 6 nitrogen and oxygen atoms in total. The summed E-state index contributed by atoms with van der Waals surface area (Å²) < 4.78 is 0. The van der Waals surface area contributed by atoms with Gasteiger partial charge in [0.15, 0.2) is 0 Å². The number of benzene rings is 1. The second-order valence-electron chi connectivity index (χ2n) is 6.12. The standard InChI is InChI=1S/C21H18Cl2N4O2/c1-2-21(29)27(15-7-9-24-10-8-15)19-12-14(6-11-25-19)26-20(28)13-16-17(22)4-3-5-18(16)23/h3-12H,2,13H2,1H3,(H,25,26,28). The number of hydrogen-bond acceptors (Lipinski definition) is 4. The fourth-order valence-electron chi connectivity index (χ4n) is 2.74. The SMILES string of the molecule is CCC(=O)N(c1ccncc1)c1cc(NC(=O)Cc2c(Cl)cccc2Cl)ccn1. The summed E-state index contributed by atoms with van der Waals surface area (Å²) in [7, 11) is 0. The van der Waals surface area contributed by atoms with Crippen LogP contribution in [-0.4, -0.2) is 21.8 Å². The Kier molecular flexibility index (Phi) is 6.80. The number of carbonyl (C=O) groups is 2. The maximum absolute atomic E-state index is 12.5. The van der Waals surface area contributed by atoms with Crippen molar-refractivity contribution in [3.05, 3.63) is 76.7 Å².